The van der Waals surface area contributed by atoms with Crippen LogP contribution in [0, 0.1) is 6.92 Å². The van der Waals surface area contributed by atoms with Crippen molar-refractivity contribution in [3.05, 3.63) is 29.8 Å². The molecular weight excluding hydrogens is 166 g/mol. The largest absolute Gasteiger partial charge is 0.394 e. The molecule has 0 fully saturated rings. The van der Waals surface area contributed by atoms with Crippen LogP contribution in [0.25, 0.3) is 0 Å². The molecule has 0 saturated carbocycles. The minimum absolute atomic E-state index is 0.0650. The van der Waals surface area contributed by atoms with Gasteiger partial charge in [-0.25, -0.2) is 0 Å². The van der Waals surface area contributed by atoms with Gasteiger partial charge in [-0.05, 0) is 24.6 Å². The fourth-order valence-electron chi connectivity index (χ4n) is 1.12. The summed E-state index contributed by atoms with van der Waals surface area (Å²) in [7, 11) is 0. The van der Waals surface area contributed by atoms with Crippen molar-refractivity contribution in [2.24, 2.45) is 0 Å². The van der Waals surface area contributed by atoms with Crippen molar-refractivity contribution >= 4 is 5.69 Å². The van der Waals surface area contributed by atoms with Gasteiger partial charge in [-0.3, -0.25) is 0 Å². The highest BCUT2D eigenvalue weighted by Gasteiger charge is 2.04. The normalized spacial score (nSPS) is 10.5. The Labute approximate surface area is 78.0 Å². The van der Waals surface area contributed by atoms with Crippen LogP contribution in [0.15, 0.2) is 24.3 Å². The van der Waals surface area contributed by atoms with Crippen LogP contribution < -0.4 is 5.32 Å². The molecule has 72 valence electrons. The van der Waals surface area contributed by atoms with Crippen LogP contribution >= 0.6 is 0 Å². The zero-order valence-electron chi connectivity index (χ0n) is 7.70. The zero-order valence-corrected chi connectivity index (χ0v) is 7.70. The number of anilines is 1. The van der Waals surface area contributed by atoms with Gasteiger partial charge < -0.3 is 15.5 Å². The SMILES string of the molecule is Cc1cccc(NC(CO)CO)c1. The minimum Gasteiger partial charge on any atom is -0.394 e. The van der Waals surface area contributed by atoms with Crippen molar-refractivity contribution in [3.8, 4) is 0 Å². The Morgan fingerprint density at radius 1 is 1.31 bits per heavy atom. The Kier molecular flexibility index (Phi) is 3.73. The number of hydrogen-bond donors (Lipinski definition) is 3. The minimum atomic E-state index is -0.276. The third-order valence-corrected chi connectivity index (χ3v) is 1.83. The van der Waals surface area contributed by atoms with Crippen LogP contribution in [0.1, 0.15) is 5.56 Å². The van der Waals surface area contributed by atoms with Gasteiger partial charge in [0, 0.05) is 5.69 Å². The van der Waals surface area contributed by atoms with E-state index in [4.69, 9.17) is 10.2 Å². The second kappa shape index (κ2) is 4.84. The maximum absolute atomic E-state index is 8.83. The van der Waals surface area contributed by atoms with Crippen molar-refractivity contribution < 1.29 is 10.2 Å². The monoisotopic (exact) mass is 181 g/mol. The van der Waals surface area contributed by atoms with Crippen molar-refractivity contribution in [2.75, 3.05) is 18.5 Å². The molecule has 0 atom stereocenters. The number of benzene rings is 1. The average molecular weight is 181 g/mol. The molecule has 13 heavy (non-hydrogen) atoms. The lowest BCUT2D eigenvalue weighted by atomic mass is 10.2. The molecule has 0 aromatic heterocycles. The third-order valence-electron chi connectivity index (χ3n) is 1.83. The van der Waals surface area contributed by atoms with E-state index in [1.165, 1.54) is 0 Å². The van der Waals surface area contributed by atoms with Gasteiger partial charge in [0.2, 0.25) is 0 Å². The Balaban J connectivity index is 2.62. The van der Waals surface area contributed by atoms with Gasteiger partial charge >= 0.3 is 0 Å². The van der Waals surface area contributed by atoms with Crippen LogP contribution in [-0.2, 0) is 0 Å². The van der Waals surface area contributed by atoms with Crippen molar-refractivity contribution in [1.29, 1.82) is 0 Å². The zero-order chi connectivity index (χ0) is 9.68. The highest BCUT2D eigenvalue weighted by atomic mass is 16.3. The summed E-state index contributed by atoms with van der Waals surface area (Å²) in [5, 5.41) is 20.7. The first kappa shape index (κ1) is 10.0. The summed E-state index contributed by atoms with van der Waals surface area (Å²) < 4.78 is 0. The van der Waals surface area contributed by atoms with E-state index in [0.29, 0.717) is 0 Å². The molecule has 0 heterocycles. The second-order valence-electron chi connectivity index (χ2n) is 3.08. The second-order valence-corrected chi connectivity index (χ2v) is 3.08. The molecule has 1 aromatic carbocycles. The predicted octanol–water partition coefficient (Wildman–Crippen LogP) is 0.760. The Hall–Kier alpha value is -1.06. The van der Waals surface area contributed by atoms with Gasteiger partial charge in [-0.15, -0.1) is 0 Å². The molecule has 0 amide bonds. The molecule has 0 aliphatic rings. The first-order valence-electron chi connectivity index (χ1n) is 4.31. The van der Waals surface area contributed by atoms with Gasteiger partial charge in [0.15, 0.2) is 0 Å². The van der Waals surface area contributed by atoms with Gasteiger partial charge in [-0.1, -0.05) is 12.1 Å². The number of aliphatic hydroxyl groups excluding tert-OH is 2. The molecule has 0 bridgehead atoms. The molecule has 0 spiro atoms. The van der Waals surface area contributed by atoms with E-state index in [2.05, 4.69) is 5.32 Å². The molecule has 3 N–H and O–H groups in total. The first-order valence-corrected chi connectivity index (χ1v) is 4.31. The van der Waals surface area contributed by atoms with E-state index >= 15 is 0 Å². The fourth-order valence-corrected chi connectivity index (χ4v) is 1.12. The molecule has 1 rings (SSSR count). The van der Waals surface area contributed by atoms with Crippen LogP contribution in [0.3, 0.4) is 0 Å². The van der Waals surface area contributed by atoms with Crippen molar-refractivity contribution in [1.82, 2.24) is 0 Å². The van der Waals surface area contributed by atoms with E-state index in [9.17, 15) is 0 Å². The lowest BCUT2D eigenvalue weighted by molar-refractivity contribution is 0.204. The predicted molar refractivity (Wildman–Crippen MR) is 52.8 cm³/mol. The van der Waals surface area contributed by atoms with Gasteiger partial charge in [0.25, 0.3) is 0 Å². The molecular formula is C10H15NO2. The molecule has 0 saturated heterocycles. The smallest absolute Gasteiger partial charge is 0.0723 e. The van der Waals surface area contributed by atoms with Crippen LogP contribution in [0.2, 0.25) is 0 Å². The first-order chi connectivity index (χ1) is 6.26. The van der Waals surface area contributed by atoms with E-state index in [-0.39, 0.29) is 19.3 Å². The highest BCUT2D eigenvalue weighted by molar-refractivity contribution is 5.46. The molecule has 1 aromatic rings. The highest BCUT2D eigenvalue weighted by Crippen LogP contribution is 2.10. The standard InChI is InChI=1S/C10H15NO2/c1-8-3-2-4-9(5-8)11-10(6-12)7-13/h2-5,10-13H,6-7H2,1H3. The number of nitrogens with one attached hydrogen (secondary N) is 1. The Morgan fingerprint density at radius 2 is 2.00 bits per heavy atom. The van der Waals surface area contributed by atoms with Gasteiger partial charge in [-0.2, -0.15) is 0 Å². The number of hydrogen-bond acceptors (Lipinski definition) is 3. The van der Waals surface area contributed by atoms with Gasteiger partial charge in [0.05, 0.1) is 19.3 Å². The summed E-state index contributed by atoms with van der Waals surface area (Å²) in [6.07, 6.45) is 0. The van der Waals surface area contributed by atoms with Crippen LogP contribution in [-0.4, -0.2) is 29.5 Å². The lowest BCUT2D eigenvalue weighted by Gasteiger charge is -2.14. The quantitative estimate of drug-likeness (QED) is 0.642. The summed E-state index contributed by atoms with van der Waals surface area (Å²) in [5.41, 5.74) is 2.08. The van der Waals surface area contributed by atoms with Crippen molar-refractivity contribution in [2.45, 2.75) is 13.0 Å². The Morgan fingerprint density at radius 3 is 2.54 bits per heavy atom. The molecule has 0 aliphatic heterocycles. The molecule has 0 aliphatic carbocycles. The van der Waals surface area contributed by atoms with E-state index in [1.54, 1.807) is 0 Å². The summed E-state index contributed by atoms with van der Waals surface area (Å²) in [6.45, 7) is 1.87. The number of rotatable bonds is 4. The molecule has 0 radical (unpaired) electrons. The van der Waals surface area contributed by atoms with Crippen LogP contribution in [0.4, 0.5) is 5.69 Å². The van der Waals surface area contributed by atoms with E-state index in [0.717, 1.165) is 11.3 Å². The summed E-state index contributed by atoms with van der Waals surface area (Å²) in [6, 6.07) is 7.53. The summed E-state index contributed by atoms with van der Waals surface area (Å²) in [4.78, 5) is 0. The third kappa shape index (κ3) is 3.05. The molecule has 3 nitrogen and oxygen atoms in total. The van der Waals surface area contributed by atoms with Gasteiger partial charge in [0.1, 0.15) is 0 Å². The van der Waals surface area contributed by atoms with Crippen molar-refractivity contribution in [3.63, 3.8) is 0 Å². The molecule has 3 heteroatoms. The Bertz CT molecular complexity index is 259. The summed E-state index contributed by atoms with van der Waals surface area (Å²) in [5.74, 6) is 0. The number of aryl methyl sites for hydroxylation is 1. The lowest BCUT2D eigenvalue weighted by Crippen LogP contribution is -2.27. The van der Waals surface area contributed by atoms with E-state index < -0.39 is 0 Å². The number of aliphatic hydroxyl groups is 2. The topological polar surface area (TPSA) is 52.5 Å². The average Bonchev–Trinajstić information content (AvgIpc) is 2.14. The maximum Gasteiger partial charge on any atom is 0.0723 e. The summed E-state index contributed by atoms with van der Waals surface area (Å²) >= 11 is 0. The molecule has 0 unspecified atom stereocenters. The van der Waals surface area contributed by atoms with E-state index in [1.807, 2.05) is 31.2 Å². The van der Waals surface area contributed by atoms with Crippen LogP contribution in [0.5, 0.6) is 0 Å². The maximum atomic E-state index is 8.83. The fraction of sp³-hybridized carbons (Fsp3) is 0.400.